The molecule has 0 unspecified atom stereocenters. The van der Waals surface area contributed by atoms with Crippen LogP contribution in [0.3, 0.4) is 0 Å². The Hall–Kier alpha value is -1.69. The second-order valence-electron chi connectivity index (χ2n) is 7.10. The van der Waals surface area contributed by atoms with Crippen LogP contribution in [0, 0.1) is 0 Å². The predicted octanol–water partition coefficient (Wildman–Crippen LogP) is 4.64. The fourth-order valence-corrected chi connectivity index (χ4v) is 6.41. The average Bonchev–Trinajstić information content (AvgIpc) is 3.30. The van der Waals surface area contributed by atoms with Gasteiger partial charge in [-0.2, -0.15) is 0 Å². The Balaban J connectivity index is 1.26. The lowest BCUT2D eigenvalue weighted by atomic mass is 10.1. The van der Waals surface area contributed by atoms with Gasteiger partial charge in [0.2, 0.25) is 0 Å². The van der Waals surface area contributed by atoms with E-state index >= 15 is 0 Å². The molecule has 1 amide bonds. The molecule has 2 aromatic carbocycles. The van der Waals surface area contributed by atoms with Gasteiger partial charge in [0.1, 0.15) is 0 Å². The number of hydrogen-bond donors (Lipinski definition) is 0. The second-order valence-corrected chi connectivity index (χ2v) is 9.83. The average molecular weight is 411 g/mol. The van der Waals surface area contributed by atoms with E-state index in [4.69, 9.17) is 0 Å². The van der Waals surface area contributed by atoms with Crippen molar-refractivity contribution in [1.82, 2.24) is 9.80 Å². The molecule has 0 saturated carbocycles. The Labute approximate surface area is 176 Å². The number of nitrogens with zero attached hydrogens (tertiary/aromatic N) is 2. The number of thioether (sulfide) groups is 2. The third-order valence-corrected chi connectivity index (χ3v) is 8.29. The van der Waals surface area contributed by atoms with E-state index in [1.54, 1.807) is 0 Å². The van der Waals surface area contributed by atoms with Crippen LogP contribution in [-0.2, 0) is 0 Å². The molecule has 2 aliphatic heterocycles. The van der Waals surface area contributed by atoms with Crippen LogP contribution in [0.5, 0.6) is 0 Å². The summed E-state index contributed by atoms with van der Waals surface area (Å²) in [5, 5.41) is 0. The van der Waals surface area contributed by atoms with E-state index in [0.29, 0.717) is 4.58 Å². The lowest BCUT2D eigenvalue weighted by molar-refractivity contribution is 0.0650. The van der Waals surface area contributed by atoms with Crippen molar-refractivity contribution in [3.8, 4) is 0 Å². The van der Waals surface area contributed by atoms with Gasteiger partial charge < -0.3 is 4.90 Å². The number of carbonyl (C=O) groups is 1. The Kier molecular flexibility index (Phi) is 6.78. The molecule has 2 heterocycles. The molecule has 0 radical (unpaired) electrons. The molecule has 2 fully saturated rings. The Morgan fingerprint density at radius 3 is 2.29 bits per heavy atom. The molecule has 4 rings (SSSR count). The maximum atomic E-state index is 12.8. The highest BCUT2D eigenvalue weighted by Gasteiger charge is 2.22. The number of carbonyl (C=O) groups excluding carboxylic acids is 1. The molecule has 3 nitrogen and oxygen atoms in total. The van der Waals surface area contributed by atoms with Crippen LogP contribution in [0.25, 0.3) is 6.08 Å². The van der Waals surface area contributed by atoms with Gasteiger partial charge in [0, 0.05) is 49.8 Å². The third kappa shape index (κ3) is 5.02. The quantitative estimate of drug-likeness (QED) is 0.717. The van der Waals surface area contributed by atoms with Crippen molar-refractivity contribution >= 4 is 35.5 Å². The maximum Gasteiger partial charge on any atom is 0.253 e. The zero-order chi connectivity index (χ0) is 19.2. The van der Waals surface area contributed by atoms with Gasteiger partial charge in [-0.15, -0.1) is 23.5 Å². The van der Waals surface area contributed by atoms with E-state index in [1.165, 1.54) is 22.6 Å². The van der Waals surface area contributed by atoms with E-state index in [0.717, 1.165) is 38.3 Å². The monoisotopic (exact) mass is 410 g/mol. The molecule has 146 valence electrons. The van der Waals surface area contributed by atoms with Crippen molar-refractivity contribution in [3.63, 3.8) is 0 Å². The summed E-state index contributed by atoms with van der Waals surface area (Å²) < 4.78 is 0.539. The van der Waals surface area contributed by atoms with Gasteiger partial charge in [-0.3, -0.25) is 9.69 Å². The van der Waals surface area contributed by atoms with Crippen molar-refractivity contribution in [2.75, 3.05) is 44.2 Å². The minimum atomic E-state index is 0.165. The third-order valence-electron chi connectivity index (χ3n) is 5.18. The van der Waals surface area contributed by atoms with Crippen molar-refractivity contribution in [3.05, 3.63) is 77.4 Å². The first kappa shape index (κ1) is 19.6. The highest BCUT2D eigenvalue weighted by atomic mass is 32.2. The number of amides is 1. The molecule has 0 N–H and O–H groups in total. The topological polar surface area (TPSA) is 23.6 Å². The Bertz CT molecular complexity index is 793. The van der Waals surface area contributed by atoms with Gasteiger partial charge in [0.15, 0.2) is 0 Å². The summed E-state index contributed by atoms with van der Waals surface area (Å²) >= 11 is 4.00. The first-order valence-electron chi connectivity index (χ1n) is 9.86. The highest BCUT2D eigenvalue weighted by molar-refractivity contribution is 8.19. The summed E-state index contributed by atoms with van der Waals surface area (Å²) in [6.45, 7) is 4.39. The molecule has 0 spiro atoms. The molecule has 0 aliphatic carbocycles. The molecule has 0 aromatic heterocycles. The molecule has 2 aliphatic rings. The summed E-state index contributed by atoms with van der Waals surface area (Å²) in [5.74, 6) is 2.61. The fraction of sp³-hybridized carbons (Fsp3) is 0.348. The Morgan fingerprint density at radius 2 is 1.61 bits per heavy atom. The van der Waals surface area contributed by atoms with Gasteiger partial charge in [-0.1, -0.05) is 54.6 Å². The molecule has 0 atom stereocenters. The van der Waals surface area contributed by atoms with Crippen LogP contribution in [-0.4, -0.2) is 59.9 Å². The van der Waals surface area contributed by atoms with Crippen LogP contribution >= 0.6 is 23.5 Å². The SMILES string of the molecule is O=C(c1ccc(C2SCCS2)cc1)N1CCN(CC=Cc2ccccc2)CC1. The smallest absolute Gasteiger partial charge is 0.253 e. The van der Waals surface area contributed by atoms with E-state index in [1.807, 2.05) is 46.6 Å². The number of rotatable bonds is 5. The fourth-order valence-electron chi connectivity index (χ4n) is 3.55. The van der Waals surface area contributed by atoms with Crippen molar-refractivity contribution in [1.29, 1.82) is 0 Å². The van der Waals surface area contributed by atoms with Crippen molar-refractivity contribution in [2.45, 2.75) is 4.58 Å². The first-order chi connectivity index (χ1) is 13.8. The Morgan fingerprint density at radius 1 is 0.929 bits per heavy atom. The van der Waals surface area contributed by atoms with Gasteiger partial charge in [-0.05, 0) is 23.3 Å². The largest absolute Gasteiger partial charge is 0.336 e. The molecular weight excluding hydrogens is 384 g/mol. The van der Waals surface area contributed by atoms with Crippen molar-refractivity contribution < 1.29 is 4.79 Å². The minimum Gasteiger partial charge on any atom is -0.336 e. The zero-order valence-corrected chi connectivity index (χ0v) is 17.6. The second kappa shape index (κ2) is 9.68. The molecule has 5 heteroatoms. The van der Waals surface area contributed by atoms with Crippen molar-refractivity contribution in [2.24, 2.45) is 0 Å². The van der Waals surface area contributed by atoms with E-state index in [2.05, 4.69) is 53.5 Å². The molecule has 0 bridgehead atoms. The summed E-state index contributed by atoms with van der Waals surface area (Å²) in [4.78, 5) is 17.2. The van der Waals surface area contributed by atoms with Crippen LogP contribution < -0.4 is 0 Å². The van der Waals surface area contributed by atoms with Crippen LogP contribution in [0.2, 0.25) is 0 Å². The normalized spacial score (nSPS) is 18.8. The minimum absolute atomic E-state index is 0.165. The highest BCUT2D eigenvalue weighted by Crippen LogP contribution is 2.45. The van der Waals surface area contributed by atoms with Gasteiger partial charge in [-0.25, -0.2) is 0 Å². The van der Waals surface area contributed by atoms with E-state index in [-0.39, 0.29) is 5.91 Å². The molecular formula is C23H26N2OS2. The maximum absolute atomic E-state index is 12.8. The summed E-state index contributed by atoms with van der Waals surface area (Å²) in [6.07, 6.45) is 4.38. The lowest BCUT2D eigenvalue weighted by Gasteiger charge is -2.34. The number of hydrogen-bond acceptors (Lipinski definition) is 4. The summed E-state index contributed by atoms with van der Waals surface area (Å²) in [7, 11) is 0. The van der Waals surface area contributed by atoms with Gasteiger partial charge >= 0.3 is 0 Å². The standard InChI is InChI=1S/C23H26N2OS2/c26-22(20-8-10-21(11-9-20)23-27-17-18-28-23)25-15-13-24(14-16-25)12-4-7-19-5-2-1-3-6-19/h1-11,23H,12-18H2. The number of benzene rings is 2. The van der Waals surface area contributed by atoms with Crippen LogP contribution in [0.4, 0.5) is 0 Å². The predicted molar refractivity (Wildman–Crippen MR) is 122 cm³/mol. The first-order valence-corrected chi connectivity index (χ1v) is 12.0. The van der Waals surface area contributed by atoms with E-state index in [9.17, 15) is 4.79 Å². The molecule has 28 heavy (non-hydrogen) atoms. The molecule has 2 aromatic rings. The molecule has 2 saturated heterocycles. The number of piperazine rings is 1. The van der Waals surface area contributed by atoms with Gasteiger partial charge in [0.25, 0.3) is 5.91 Å². The van der Waals surface area contributed by atoms with Gasteiger partial charge in [0.05, 0.1) is 4.58 Å². The summed E-state index contributed by atoms with van der Waals surface area (Å²) in [6, 6.07) is 18.7. The zero-order valence-electron chi connectivity index (χ0n) is 16.0. The lowest BCUT2D eigenvalue weighted by Crippen LogP contribution is -2.48. The van der Waals surface area contributed by atoms with Crippen LogP contribution in [0.1, 0.15) is 26.1 Å². The van der Waals surface area contributed by atoms with E-state index < -0.39 is 0 Å². The summed E-state index contributed by atoms with van der Waals surface area (Å²) in [5.41, 5.74) is 3.38. The van der Waals surface area contributed by atoms with Crippen LogP contribution in [0.15, 0.2) is 60.7 Å².